The standard InChI is InChI=1S/C24H29BrFIN6O4/c25-19-13-17(4-5-20(19)26)29-23(31-27)22(34)16-6-8-32(9-7-16)24(35)30-18-14-28-33(15-18)10-12-37-21-3-1-2-11-36-21/h4-5,13-16,21H,1-3,6-12H2,(H,29,31)(H,30,35). The van der Waals surface area contributed by atoms with Crippen LogP contribution >= 0.6 is 38.8 Å². The topological polar surface area (TPSA) is 110 Å². The molecule has 2 aromatic rings. The van der Waals surface area contributed by atoms with Crippen molar-refractivity contribution >= 4 is 67.8 Å². The van der Waals surface area contributed by atoms with Crippen LogP contribution in [-0.2, 0) is 20.8 Å². The Hall–Kier alpha value is -2.10. The number of Topliss-reactive ketones (excluding diaryl/α,β-unsaturated/α-hetero) is 1. The van der Waals surface area contributed by atoms with Crippen molar-refractivity contribution in [1.29, 1.82) is 0 Å². The molecule has 0 radical (unpaired) electrons. The van der Waals surface area contributed by atoms with E-state index >= 15 is 0 Å². The van der Waals surface area contributed by atoms with Gasteiger partial charge in [-0.2, -0.15) is 8.30 Å². The number of piperidine rings is 1. The van der Waals surface area contributed by atoms with Crippen molar-refractivity contribution in [1.82, 2.24) is 14.7 Å². The predicted molar refractivity (Wildman–Crippen MR) is 149 cm³/mol. The molecule has 2 N–H and O–H groups in total. The fraction of sp³-hybridized carbons (Fsp3) is 0.500. The van der Waals surface area contributed by atoms with E-state index in [-0.39, 0.29) is 35.7 Å². The summed E-state index contributed by atoms with van der Waals surface area (Å²) in [6.07, 6.45) is 7.39. The third-order valence-electron chi connectivity index (χ3n) is 6.30. The number of aromatic nitrogens is 2. The van der Waals surface area contributed by atoms with Crippen LogP contribution in [0.5, 0.6) is 0 Å². The van der Waals surface area contributed by atoms with Crippen LogP contribution in [0, 0.1) is 11.7 Å². The minimum absolute atomic E-state index is 0.128. The first-order valence-electron chi connectivity index (χ1n) is 12.2. The zero-order valence-electron chi connectivity index (χ0n) is 20.2. The Morgan fingerprint density at radius 3 is 2.73 bits per heavy atom. The van der Waals surface area contributed by atoms with E-state index in [0.29, 0.717) is 54.9 Å². The normalized spacial score (nSPS) is 19.1. The predicted octanol–water partition coefficient (Wildman–Crippen LogP) is 5.00. The van der Waals surface area contributed by atoms with Crippen molar-refractivity contribution in [3.05, 3.63) is 40.9 Å². The molecule has 2 saturated heterocycles. The van der Waals surface area contributed by atoms with Gasteiger partial charge in [0.05, 0.1) is 52.4 Å². The second-order valence-electron chi connectivity index (χ2n) is 8.90. The van der Waals surface area contributed by atoms with Gasteiger partial charge in [0.1, 0.15) is 5.82 Å². The highest BCUT2D eigenvalue weighted by atomic mass is 127. The molecule has 2 fully saturated rings. The fourth-order valence-corrected chi connectivity index (χ4v) is 4.98. The molecule has 0 saturated carbocycles. The number of carbonyl (C=O) groups is 2. The fourth-order valence-electron chi connectivity index (χ4n) is 4.25. The number of urea groups is 1. The summed E-state index contributed by atoms with van der Waals surface area (Å²) >= 11 is 4.92. The van der Waals surface area contributed by atoms with E-state index < -0.39 is 0 Å². The molecule has 1 unspecified atom stereocenters. The number of nitrogens with zero attached hydrogens (tertiary/aromatic N) is 4. The van der Waals surface area contributed by atoms with Gasteiger partial charge in [0.2, 0.25) is 5.78 Å². The number of amidine groups is 1. The molecule has 2 aliphatic rings. The molecule has 13 heteroatoms. The van der Waals surface area contributed by atoms with Gasteiger partial charge in [0.15, 0.2) is 12.1 Å². The SMILES string of the molecule is O=C(/C(=N/I)Nc1ccc(F)c(Br)c1)C1CCN(C(=O)Nc2cnn(CCOC3CCCCO3)c2)CC1. The van der Waals surface area contributed by atoms with Gasteiger partial charge in [-0.25, -0.2) is 9.18 Å². The lowest BCUT2D eigenvalue weighted by molar-refractivity contribution is -0.163. The lowest BCUT2D eigenvalue weighted by atomic mass is 9.92. The largest absolute Gasteiger partial charge is 0.353 e. The Labute approximate surface area is 237 Å². The molecule has 1 atom stereocenters. The summed E-state index contributed by atoms with van der Waals surface area (Å²) in [6, 6.07) is 4.18. The Kier molecular flexibility index (Phi) is 10.3. The van der Waals surface area contributed by atoms with Crippen molar-refractivity contribution in [2.75, 3.05) is 36.9 Å². The van der Waals surface area contributed by atoms with Crippen molar-refractivity contribution < 1.29 is 23.5 Å². The number of rotatable bonds is 8. The second kappa shape index (κ2) is 13.6. The van der Waals surface area contributed by atoms with Crippen LogP contribution in [0.4, 0.5) is 20.6 Å². The van der Waals surface area contributed by atoms with E-state index in [0.717, 1.165) is 25.9 Å². The van der Waals surface area contributed by atoms with Crippen LogP contribution in [-0.4, -0.2) is 64.9 Å². The maximum atomic E-state index is 13.5. The van der Waals surface area contributed by atoms with Gasteiger partial charge in [-0.15, -0.1) is 0 Å². The number of likely N-dealkylation sites (tertiary alicyclic amines) is 1. The molecule has 2 aliphatic heterocycles. The van der Waals surface area contributed by atoms with E-state index in [2.05, 4.69) is 34.9 Å². The van der Waals surface area contributed by atoms with E-state index in [1.54, 1.807) is 57.0 Å². The van der Waals surface area contributed by atoms with Crippen molar-refractivity contribution in [2.24, 2.45) is 9.12 Å². The van der Waals surface area contributed by atoms with Gasteiger partial charge in [0, 0.05) is 37.5 Å². The highest BCUT2D eigenvalue weighted by molar-refractivity contribution is 14.1. The highest BCUT2D eigenvalue weighted by Gasteiger charge is 2.30. The average molecular weight is 691 g/mol. The molecule has 0 spiro atoms. The van der Waals surface area contributed by atoms with Crippen LogP contribution in [0.25, 0.3) is 0 Å². The number of hydrogen-bond donors (Lipinski definition) is 2. The summed E-state index contributed by atoms with van der Waals surface area (Å²) in [4.78, 5) is 27.4. The molecule has 1 aromatic heterocycles. The quantitative estimate of drug-likeness (QED) is 0.229. The van der Waals surface area contributed by atoms with Gasteiger partial charge in [0.25, 0.3) is 0 Å². The molecule has 3 heterocycles. The van der Waals surface area contributed by atoms with E-state index in [9.17, 15) is 14.0 Å². The van der Waals surface area contributed by atoms with Crippen molar-refractivity contribution in [2.45, 2.75) is 44.9 Å². The summed E-state index contributed by atoms with van der Waals surface area (Å²) in [6.45, 7) is 2.68. The Morgan fingerprint density at radius 2 is 2.03 bits per heavy atom. The molecule has 37 heavy (non-hydrogen) atoms. The van der Waals surface area contributed by atoms with Crippen LogP contribution in [0.1, 0.15) is 32.1 Å². The lowest BCUT2D eigenvalue weighted by Crippen LogP contribution is -2.44. The highest BCUT2D eigenvalue weighted by Crippen LogP contribution is 2.23. The van der Waals surface area contributed by atoms with Gasteiger partial charge in [-0.3, -0.25) is 9.48 Å². The molecule has 2 amide bonds. The Balaban J connectivity index is 1.21. The molecule has 1 aromatic carbocycles. The first-order chi connectivity index (χ1) is 17.9. The maximum Gasteiger partial charge on any atom is 0.321 e. The molecule has 0 aliphatic carbocycles. The zero-order chi connectivity index (χ0) is 26.2. The average Bonchev–Trinajstić information content (AvgIpc) is 3.36. The maximum absolute atomic E-state index is 13.5. The van der Waals surface area contributed by atoms with Crippen molar-refractivity contribution in [3.63, 3.8) is 0 Å². The summed E-state index contributed by atoms with van der Waals surface area (Å²) in [5, 5.41) is 10.1. The third-order valence-corrected chi connectivity index (χ3v) is 7.39. The number of hydrogen-bond acceptors (Lipinski definition) is 6. The summed E-state index contributed by atoms with van der Waals surface area (Å²) in [7, 11) is 0. The summed E-state index contributed by atoms with van der Waals surface area (Å²) in [5.74, 6) is -0.572. The number of benzene rings is 1. The van der Waals surface area contributed by atoms with Crippen LogP contribution < -0.4 is 10.6 Å². The summed E-state index contributed by atoms with van der Waals surface area (Å²) in [5.41, 5.74) is 1.16. The van der Waals surface area contributed by atoms with Gasteiger partial charge in [-0.05, 0) is 66.2 Å². The number of ether oxygens (including phenoxy) is 2. The monoisotopic (exact) mass is 690 g/mol. The van der Waals surface area contributed by atoms with E-state index in [1.165, 1.54) is 6.07 Å². The van der Waals surface area contributed by atoms with Crippen LogP contribution in [0.2, 0.25) is 0 Å². The lowest BCUT2D eigenvalue weighted by Gasteiger charge is -2.31. The minimum atomic E-state index is -0.387. The second-order valence-corrected chi connectivity index (χ2v) is 10.2. The Bertz CT molecular complexity index is 1120. The Morgan fingerprint density at radius 1 is 1.22 bits per heavy atom. The van der Waals surface area contributed by atoms with Gasteiger partial charge < -0.3 is 25.0 Å². The van der Waals surface area contributed by atoms with E-state index in [1.807, 2.05) is 0 Å². The molecule has 10 nitrogen and oxygen atoms in total. The number of amides is 2. The number of nitrogens with one attached hydrogen (secondary N) is 2. The number of halogens is 3. The molecular formula is C24H29BrFIN6O4. The molecule has 200 valence electrons. The van der Waals surface area contributed by atoms with Gasteiger partial charge >= 0.3 is 6.03 Å². The smallest absolute Gasteiger partial charge is 0.321 e. The summed E-state index contributed by atoms with van der Waals surface area (Å²) < 4.78 is 30.9. The zero-order valence-corrected chi connectivity index (χ0v) is 23.9. The van der Waals surface area contributed by atoms with Gasteiger partial charge in [-0.1, -0.05) is 0 Å². The number of ketones is 1. The first-order valence-corrected chi connectivity index (χ1v) is 14.0. The molecular weight excluding hydrogens is 662 g/mol. The van der Waals surface area contributed by atoms with E-state index in [4.69, 9.17) is 9.47 Å². The number of anilines is 2. The van der Waals surface area contributed by atoms with Crippen molar-refractivity contribution in [3.8, 4) is 0 Å². The van der Waals surface area contributed by atoms with Crippen LogP contribution in [0.3, 0.4) is 0 Å². The van der Waals surface area contributed by atoms with Crippen LogP contribution in [0.15, 0.2) is 38.3 Å². The first kappa shape index (κ1) is 27.9. The molecule has 0 bridgehead atoms. The molecule has 4 rings (SSSR count). The number of carbonyl (C=O) groups excluding carboxylic acids is 2. The minimum Gasteiger partial charge on any atom is -0.353 e. The third kappa shape index (κ3) is 7.94.